The predicted molar refractivity (Wildman–Crippen MR) is 201 cm³/mol. The minimum absolute atomic E-state index is 0.0867. The van der Waals surface area contributed by atoms with Crippen molar-refractivity contribution in [3.63, 3.8) is 0 Å². The second-order valence-electron chi connectivity index (χ2n) is 14.1. The highest BCUT2D eigenvalue weighted by Crippen LogP contribution is 2.27. The number of amides is 4. The molecule has 51 heavy (non-hydrogen) atoms. The number of likely N-dealkylation sites (tertiary alicyclic amines) is 1. The number of rotatable bonds is 10. The summed E-state index contributed by atoms with van der Waals surface area (Å²) in [6.45, 7) is 11.1. The lowest BCUT2D eigenvalue weighted by Crippen LogP contribution is -2.49. The molecule has 0 saturated carbocycles. The molecule has 11 nitrogen and oxygen atoms in total. The molecule has 3 aromatic rings. The Labute approximate surface area is 301 Å². The van der Waals surface area contributed by atoms with Gasteiger partial charge in [-0.25, -0.2) is 9.59 Å². The molecule has 3 heterocycles. The summed E-state index contributed by atoms with van der Waals surface area (Å²) in [4.78, 5) is 46.8. The molecule has 4 N–H and O–H groups in total. The maximum atomic E-state index is 12.8. The van der Waals surface area contributed by atoms with Crippen LogP contribution in [0, 0.1) is 11.8 Å². The maximum absolute atomic E-state index is 12.8. The minimum atomic E-state index is -0.579. The molecule has 0 bridgehead atoms. The average molecular weight is 694 g/mol. The summed E-state index contributed by atoms with van der Waals surface area (Å²) in [6, 6.07) is 16.5. The topological polar surface area (TPSA) is 128 Å². The van der Waals surface area contributed by atoms with Gasteiger partial charge in [-0.2, -0.15) is 0 Å². The number of pyridine rings is 1. The van der Waals surface area contributed by atoms with Crippen LogP contribution < -0.4 is 26.2 Å². The second-order valence-corrected chi connectivity index (χ2v) is 14.1. The summed E-state index contributed by atoms with van der Waals surface area (Å²) in [5.41, 5.74) is 4.08. The van der Waals surface area contributed by atoms with Crippen molar-refractivity contribution in [2.45, 2.75) is 70.9 Å². The molecule has 1 atom stereocenters. The fraction of sp³-hybridized carbons (Fsp3) is 0.450. The van der Waals surface area contributed by atoms with E-state index in [1.165, 1.54) is 19.3 Å². The number of nitrogens with one attached hydrogen (secondary N) is 4. The number of aromatic nitrogens is 1. The predicted octanol–water partition coefficient (Wildman–Crippen LogP) is 5.55. The van der Waals surface area contributed by atoms with Gasteiger partial charge in [0, 0.05) is 68.0 Å². The molecule has 2 aliphatic heterocycles. The van der Waals surface area contributed by atoms with Crippen LogP contribution in [0.2, 0.25) is 0 Å². The first-order valence-corrected chi connectivity index (χ1v) is 18.1. The van der Waals surface area contributed by atoms with Gasteiger partial charge in [0.1, 0.15) is 5.60 Å². The van der Waals surface area contributed by atoms with Crippen LogP contribution in [0.15, 0.2) is 67.0 Å². The normalized spacial score (nSPS) is 16.3. The molecule has 1 aromatic heterocycles. The zero-order valence-corrected chi connectivity index (χ0v) is 30.1. The van der Waals surface area contributed by atoms with Crippen LogP contribution in [0.5, 0.6) is 0 Å². The minimum Gasteiger partial charge on any atom is -0.444 e. The third-order valence-corrected chi connectivity index (χ3v) is 8.81. The summed E-state index contributed by atoms with van der Waals surface area (Å²) >= 11 is 0. The number of hydrogen-bond donors (Lipinski definition) is 4. The van der Waals surface area contributed by atoms with Crippen molar-refractivity contribution in [1.29, 1.82) is 0 Å². The number of nitrogens with zero attached hydrogens (tertiary/aromatic N) is 3. The van der Waals surface area contributed by atoms with Crippen molar-refractivity contribution >= 4 is 29.4 Å². The van der Waals surface area contributed by atoms with E-state index in [9.17, 15) is 14.4 Å². The number of benzene rings is 2. The van der Waals surface area contributed by atoms with Gasteiger partial charge in [0.2, 0.25) is 0 Å². The molecule has 4 amide bonds. The van der Waals surface area contributed by atoms with E-state index in [2.05, 4.69) is 47.9 Å². The lowest BCUT2D eigenvalue weighted by Gasteiger charge is -2.35. The molecule has 270 valence electrons. The molecular weight excluding hydrogens is 642 g/mol. The highest BCUT2D eigenvalue weighted by Gasteiger charge is 2.25. The van der Waals surface area contributed by atoms with Crippen LogP contribution in [-0.4, -0.2) is 85.4 Å². The summed E-state index contributed by atoms with van der Waals surface area (Å²) in [5, 5.41) is 11.9. The molecule has 2 aromatic carbocycles. The highest BCUT2D eigenvalue weighted by molar-refractivity contribution is 5.94. The van der Waals surface area contributed by atoms with E-state index in [4.69, 9.17) is 4.74 Å². The van der Waals surface area contributed by atoms with E-state index in [1.54, 1.807) is 24.5 Å². The van der Waals surface area contributed by atoms with Crippen molar-refractivity contribution in [2.75, 3.05) is 56.0 Å². The first-order chi connectivity index (χ1) is 24.6. The second kappa shape index (κ2) is 18.2. The molecular formula is C40H51N7O4. The number of urea groups is 1. The van der Waals surface area contributed by atoms with Crippen LogP contribution in [0.3, 0.4) is 0 Å². The number of carbonyl (C=O) groups excluding carboxylic acids is 3. The van der Waals surface area contributed by atoms with Gasteiger partial charge in [-0.1, -0.05) is 24.3 Å². The van der Waals surface area contributed by atoms with E-state index in [0.29, 0.717) is 37.3 Å². The molecule has 2 saturated heterocycles. The van der Waals surface area contributed by atoms with Crippen LogP contribution in [0.25, 0.3) is 0 Å². The lowest BCUT2D eigenvalue weighted by atomic mass is 10.0. The number of carbonyl (C=O) groups is 3. The molecule has 0 aliphatic carbocycles. The van der Waals surface area contributed by atoms with E-state index in [0.717, 1.165) is 61.4 Å². The van der Waals surface area contributed by atoms with Crippen LogP contribution in [-0.2, 0) is 11.2 Å². The average Bonchev–Trinajstić information content (AvgIpc) is 3.11. The van der Waals surface area contributed by atoms with Gasteiger partial charge in [0.05, 0.1) is 11.3 Å². The van der Waals surface area contributed by atoms with Gasteiger partial charge < -0.3 is 35.8 Å². The summed E-state index contributed by atoms with van der Waals surface area (Å²) in [5.74, 6) is 6.49. The Balaban J connectivity index is 1.27. The van der Waals surface area contributed by atoms with E-state index >= 15 is 0 Å². The number of alkyl carbamates (subject to hydrolysis) is 1. The number of piperidine rings is 2. The van der Waals surface area contributed by atoms with Crippen molar-refractivity contribution < 1.29 is 19.1 Å². The Morgan fingerprint density at radius 1 is 0.922 bits per heavy atom. The fourth-order valence-corrected chi connectivity index (χ4v) is 6.28. The van der Waals surface area contributed by atoms with E-state index in [1.807, 2.05) is 63.2 Å². The van der Waals surface area contributed by atoms with Crippen LogP contribution in [0.4, 0.5) is 21.0 Å². The molecule has 5 rings (SSSR count). The van der Waals surface area contributed by atoms with Gasteiger partial charge >= 0.3 is 12.1 Å². The van der Waals surface area contributed by atoms with Crippen LogP contribution >= 0.6 is 0 Å². The molecule has 11 heteroatoms. The molecule has 2 fully saturated rings. The summed E-state index contributed by atoms with van der Waals surface area (Å²) in [6.07, 6.45) is 9.22. The first-order valence-electron chi connectivity index (χ1n) is 18.1. The largest absolute Gasteiger partial charge is 0.444 e. The van der Waals surface area contributed by atoms with E-state index < -0.39 is 11.7 Å². The summed E-state index contributed by atoms with van der Waals surface area (Å²) in [7, 11) is 0. The van der Waals surface area contributed by atoms with Gasteiger partial charge in [0.15, 0.2) is 0 Å². The highest BCUT2D eigenvalue weighted by atomic mass is 16.6. The van der Waals surface area contributed by atoms with Crippen molar-refractivity contribution in [2.24, 2.45) is 0 Å². The van der Waals surface area contributed by atoms with Gasteiger partial charge in [-0.05, 0) is 120 Å². The van der Waals surface area contributed by atoms with Crippen molar-refractivity contribution in [1.82, 2.24) is 25.8 Å². The number of hydrogen-bond acceptors (Lipinski definition) is 7. The zero-order valence-electron chi connectivity index (χ0n) is 30.1. The Kier molecular flexibility index (Phi) is 13.3. The van der Waals surface area contributed by atoms with E-state index in [-0.39, 0.29) is 18.0 Å². The Morgan fingerprint density at radius 3 is 2.47 bits per heavy atom. The Morgan fingerprint density at radius 2 is 1.73 bits per heavy atom. The van der Waals surface area contributed by atoms with Crippen molar-refractivity contribution in [3.05, 3.63) is 89.2 Å². The lowest BCUT2D eigenvalue weighted by molar-refractivity contribution is 0.0499. The van der Waals surface area contributed by atoms with Gasteiger partial charge in [-0.15, -0.1) is 0 Å². The third-order valence-electron chi connectivity index (χ3n) is 8.81. The summed E-state index contributed by atoms with van der Waals surface area (Å²) < 4.78 is 5.50. The molecule has 0 radical (unpaired) electrons. The first kappa shape index (κ1) is 37.2. The zero-order chi connectivity index (χ0) is 36.1. The number of anilines is 2. The quantitative estimate of drug-likeness (QED) is 0.205. The molecule has 0 spiro atoms. The smallest absolute Gasteiger partial charge is 0.407 e. The van der Waals surface area contributed by atoms with Crippen molar-refractivity contribution in [3.8, 4) is 11.8 Å². The SMILES string of the molecule is CC(C)(C)OC(=O)NC1CCCN(c2ccc(NC(=O)NCCc3cccnc3)cc2C#Cc2ccc(C(=O)NCCN3CCCCC3)cc2)C1. The fourth-order valence-electron chi connectivity index (χ4n) is 6.28. The standard InChI is InChI=1S/C40H51N7O4/c1-40(2,3)51-39(50)45-35-10-8-25-47(29-35)36-18-17-34(44-38(49)43-21-19-31-9-7-20-41-28-31)27-33(36)16-13-30-11-14-32(15-12-30)37(48)42-22-26-46-23-5-4-6-24-46/h7,9,11-12,14-15,17-18,20,27-28,35H,4-6,8,10,19,21-26,29H2,1-3H3,(H,42,48)(H,45,50)(H2,43,44,49). The Hall–Kier alpha value is -5.08. The molecule has 1 unspecified atom stereocenters. The monoisotopic (exact) mass is 693 g/mol. The maximum Gasteiger partial charge on any atom is 0.407 e. The van der Waals surface area contributed by atoms with Gasteiger partial charge in [0.25, 0.3) is 5.91 Å². The molecule has 2 aliphatic rings. The van der Waals surface area contributed by atoms with Gasteiger partial charge in [-0.3, -0.25) is 9.78 Å². The Bertz CT molecular complexity index is 1670. The number of ether oxygens (including phenoxy) is 1. The third kappa shape index (κ3) is 12.3. The van der Waals surface area contributed by atoms with Crippen LogP contribution in [0.1, 0.15) is 79.9 Å².